The van der Waals surface area contributed by atoms with E-state index in [1.807, 2.05) is 42.5 Å². The summed E-state index contributed by atoms with van der Waals surface area (Å²) < 4.78 is 16.4. The van der Waals surface area contributed by atoms with Gasteiger partial charge in [-0.3, -0.25) is 4.79 Å². The number of aromatic nitrogens is 1. The summed E-state index contributed by atoms with van der Waals surface area (Å²) in [6, 6.07) is 13.4. The van der Waals surface area contributed by atoms with E-state index in [2.05, 4.69) is 12.2 Å². The van der Waals surface area contributed by atoms with Crippen molar-refractivity contribution in [1.29, 1.82) is 0 Å². The molecule has 0 bridgehead atoms. The number of rotatable bonds is 7. The van der Waals surface area contributed by atoms with Crippen molar-refractivity contribution >= 4 is 16.8 Å². The number of hydrogen-bond acceptors (Lipinski definition) is 5. The Labute approximate surface area is 176 Å². The Morgan fingerprint density at radius 3 is 2.30 bits per heavy atom. The van der Waals surface area contributed by atoms with E-state index < -0.39 is 0 Å². The maximum absolute atomic E-state index is 13.1. The van der Waals surface area contributed by atoms with Crippen molar-refractivity contribution in [3.05, 3.63) is 48.0 Å². The third-order valence-corrected chi connectivity index (χ3v) is 5.61. The number of fused-ring (bicyclic) bond motifs is 1. The molecular weight excluding hydrogens is 380 g/mol. The van der Waals surface area contributed by atoms with E-state index >= 15 is 0 Å². The maximum Gasteiger partial charge on any atom is 0.252 e. The molecule has 1 saturated carbocycles. The molecule has 6 nitrogen and oxygen atoms in total. The van der Waals surface area contributed by atoms with Gasteiger partial charge in [-0.25, -0.2) is 4.98 Å². The average Bonchev–Trinajstić information content (AvgIpc) is 3.62. The summed E-state index contributed by atoms with van der Waals surface area (Å²) in [5, 5.41) is 3.98. The zero-order valence-corrected chi connectivity index (χ0v) is 17.7. The van der Waals surface area contributed by atoms with Crippen LogP contribution in [0.3, 0.4) is 0 Å². The fourth-order valence-electron chi connectivity index (χ4n) is 3.74. The molecule has 4 rings (SSSR count). The topological polar surface area (TPSA) is 69.7 Å². The summed E-state index contributed by atoms with van der Waals surface area (Å²) in [5.41, 5.74) is 2.81. The van der Waals surface area contributed by atoms with Gasteiger partial charge in [-0.2, -0.15) is 0 Å². The molecule has 0 saturated heterocycles. The van der Waals surface area contributed by atoms with Crippen molar-refractivity contribution in [3.63, 3.8) is 0 Å². The van der Waals surface area contributed by atoms with Crippen LogP contribution >= 0.6 is 0 Å². The largest absolute Gasteiger partial charge is 0.493 e. The zero-order valence-electron chi connectivity index (χ0n) is 17.7. The van der Waals surface area contributed by atoms with Crippen LogP contribution in [-0.4, -0.2) is 38.3 Å². The first-order chi connectivity index (χ1) is 14.5. The summed E-state index contributed by atoms with van der Waals surface area (Å²) in [6.07, 6.45) is 2.35. The molecule has 2 aromatic carbocycles. The summed E-state index contributed by atoms with van der Waals surface area (Å²) >= 11 is 0. The van der Waals surface area contributed by atoms with E-state index in [0.29, 0.717) is 34.4 Å². The van der Waals surface area contributed by atoms with E-state index in [4.69, 9.17) is 19.2 Å². The average molecular weight is 406 g/mol. The Morgan fingerprint density at radius 2 is 1.70 bits per heavy atom. The molecule has 156 valence electrons. The molecule has 1 atom stereocenters. The molecule has 30 heavy (non-hydrogen) atoms. The van der Waals surface area contributed by atoms with Gasteiger partial charge in [0.05, 0.1) is 38.1 Å². The minimum absolute atomic E-state index is 0.0818. The molecule has 0 radical (unpaired) electrons. The van der Waals surface area contributed by atoms with E-state index in [0.717, 1.165) is 16.5 Å². The number of amides is 1. The Kier molecular flexibility index (Phi) is 5.48. The number of nitrogens with one attached hydrogen (secondary N) is 1. The third-order valence-electron chi connectivity index (χ3n) is 5.61. The summed E-state index contributed by atoms with van der Waals surface area (Å²) in [5.74, 6) is 2.09. The standard InChI is InChI=1S/C24H26N2O4/c1-14(15-9-10-15)25-24(27)18-13-20(26-19-8-6-5-7-17(18)19)16-11-21(28-2)23(30-4)22(12-16)29-3/h5-8,11-15H,9-10H2,1-4H3,(H,25,27)/t14-/m0/s1. The number of nitrogens with zero attached hydrogens (tertiary/aromatic N) is 1. The van der Waals surface area contributed by atoms with E-state index in [1.165, 1.54) is 12.8 Å². The van der Waals surface area contributed by atoms with Gasteiger partial charge in [0.15, 0.2) is 11.5 Å². The molecule has 1 aromatic heterocycles. The molecule has 1 aliphatic rings. The van der Waals surface area contributed by atoms with Crippen molar-refractivity contribution in [2.24, 2.45) is 5.92 Å². The van der Waals surface area contributed by atoms with E-state index in [1.54, 1.807) is 21.3 Å². The third kappa shape index (κ3) is 3.77. The van der Waals surface area contributed by atoms with Crippen LogP contribution < -0.4 is 19.5 Å². The zero-order chi connectivity index (χ0) is 21.3. The minimum Gasteiger partial charge on any atom is -0.493 e. The molecule has 1 amide bonds. The van der Waals surface area contributed by atoms with Gasteiger partial charge >= 0.3 is 0 Å². The van der Waals surface area contributed by atoms with E-state index in [-0.39, 0.29) is 11.9 Å². The van der Waals surface area contributed by atoms with Crippen molar-refractivity contribution in [2.45, 2.75) is 25.8 Å². The molecule has 3 aromatic rings. The van der Waals surface area contributed by atoms with Crippen molar-refractivity contribution in [2.75, 3.05) is 21.3 Å². The lowest BCUT2D eigenvalue weighted by Crippen LogP contribution is -2.34. The minimum atomic E-state index is -0.0818. The lowest BCUT2D eigenvalue weighted by atomic mass is 10.0. The van der Waals surface area contributed by atoms with Crippen LogP contribution in [0.15, 0.2) is 42.5 Å². The number of carbonyl (C=O) groups excluding carboxylic acids is 1. The second-order valence-corrected chi connectivity index (χ2v) is 7.59. The van der Waals surface area contributed by atoms with Gasteiger partial charge in [-0.15, -0.1) is 0 Å². The normalized spacial score (nSPS) is 14.3. The number of hydrogen-bond donors (Lipinski definition) is 1. The van der Waals surface area contributed by atoms with Crippen LogP contribution in [0.2, 0.25) is 0 Å². The quantitative estimate of drug-likeness (QED) is 0.628. The number of ether oxygens (including phenoxy) is 3. The second-order valence-electron chi connectivity index (χ2n) is 7.59. The predicted octanol–water partition coefficient (Wildman–Crippen LogP) is 4.46. The van der Waals surface area contributed by atoms with Gasteiger partial charge < -0.3 is 19.5 Å². The van der Waals surface area contributed by atoms with Crippen LogP contribution in [0.25, 0.3) is 22.2 Å². The predicted molar refractivity (Wildman–Crippen MR) is 116 cm³/mol. The molecular formula is C24H26N2O4. The summed E-state index contributed by atoms with van der Waals surface area (Å²) in [7, 11) is 4.72. The first kappa shape index (κ1) is 20.0. The van der Waals surface area contributed by atoms with Gasteiger partial charge in [0.25, 0.3) is 5.91 Å². The lowest BCUT2D eigenvalue weighted by Gasteiger charge is -2.16. The Bertz CT molecular complexity index is 1070. The van der Waals surface area contributed by atoms with Gasteiger partial charge in [-0.05, 0) is 49.9 Å². The van der Waals surface area contributed by atoms with Crippen molar-refractivity contribution in [1.82, 2.24) is 10.3 Å². The molecule has 1 N–H and O–H groups in total. The van der Waals surface area contributed by atoms with Crippen LogP contribution in [0.4, 0.5) is 0 Å². The first-order valence-electron chi connectivity index (χ1n) is 10.1. The highest BCUT2D eigenvalue weighted by Gasteiger charge is 2.29. The fourth-order valence-corrected chi connectivity index (χ4v) is 3.74. The molecule has 6 heteroatoms. The highest BCUT2D eigenvalue weighted by molar-refractivity contribution is 6.07. The molecule has 1 aliphatic carbocycles. The van der Waals surface area contributed by atoms with Crippen LogP contribution in [0, 0.1) is 5.92 Å². The second kappa shape index (κ2) is 8.22. The highest BCUT2D eigenvalue weighted by atomic mass is 16.5. The summed E-state index contributed by atoms with van der Waals surface area (Å²) in [6.45, 7) is 2.07. The fraction of sp³-hybridized carbons (Fsp3) is 0.333. The number of methoxy groups -OCH3 is 3. The Hall–Kier alpha value is -3.28. The molecule has 1 fully saturated rings. The number of carbonyl (C=O) groups is 1. The highest BCUT2D eigenvalue weighted by Crippen LogP contribution is 2.41. The van der Waals surface area contributed by atoms with Gasteiger partial charge in [0, 0.05) is 17.0 Å². The summed E-state index contributed by atoms with van der Waals surface area (Å²) in [4.78, 5) is 17.9. The SMILES string of the molecule is COc1cc(-c2cc(C(=O)N[C@@H](C)C3CC3)c3ccccc3n2)cc(OC)c1OC. The smallest absolute Gasteiger partial charge is 0.252 e. The van der Waals surface area contributed by atoms with Crippen LogP contribution in [0.5, 0.6) is 17.2 Å². The van der Waals surface area contributed by atoms with Crippen LogP contribution in [-0.2, 0) is 0 Å². The monoisotopic (exact) mass is 406 g/mol. The maximum atomic E-state index is 13.1. The number of para-hydroxylation sites is 1. The van der Waals surface area contributed by atoms with Crippen molar-refractivity contribution in [3.8, 4) is 28.5 Å². The Balaban J connectivity index is 1.83. The molecule has 0 unspecified atom stereocenters. The molecule has 1 heterocycles. The van der Waals surface area contributed by atoms with Crippen molar-refractivity contribution < 1.29 is 19.0 Å². The molecule has 0 aliphatic heterocycles. The van der Waals surface area contributed by atoms with E-state index in [9.17, 15) is 4.79 Å². The Morgan fingerprint density at radius 1 is 1.03 bits per heavy atom. The molecule has 0 spiro atoms. The number of pyridine rings is 1. The van der Waals surface area contributed by atoms with Gasteiger partial charge in [0.1, 0.15) is 0 Å². The van der Waals surface area contributed by atoms with Gasteiger partial charge in [0.2, 0.25) is 5.75 Å². The lowest BCUT2D eigenvalue weighted by molar-refractivity contribution is 0.0937. The van der Waals surface area contributed by atoms with Crippen LogP contribution in [0.1, 0.15) is 30.1 Å². The van der Waals surface area contributed by atoms with Gasteiger partial charge in [-0.1, -0.05) is 18.2 Å². The number of benzene rings is 2. The first-order valence-corrected chi connectivity index (χ1v) is 10.1.